The van der Waals surface area contributed by atoms with Crippen molar-refractivity contribution in [1.82, 2.24) is 10.3 Å². The minimum absolute atomic E-state index is 0.0163. The Kier molecular flexibility index (Phi) is 8.65. The van der Waals surface area contributed by atoms with E-state index in [-0.39, 0.29) is 22.5 Å². The third kappa shape index (κ3) is 5.77. The van der Waals surface area contributed by atoms with Crippen LogP contribution in [0.15, 0.2) is 53.9 Å². The van der Waals surface area contributed by atoms with Gasteiger partial charge in [0.25, 0.3) is 11.8 Å². The fourth-order valence-electron chi connectivity index (χ4n) is 5.00. The van der Waals surface area contributed by atoms with Crippen LogP contribution in [0.1, 0.15) is 68.3 Å². The summed E-state index contributed by atoms with van der Waals surface area (Å²) in [7, 11) is 0. The Morgan fingerprint density at radius 3 is 2.60 bits per heavy atom. The van der Waals surface area contributed by atoms with Gasteiger partial charge >= 0.3 is 5.97 Å². The molecule has 2 aromatic carbocycles. The zero-order valence-electron chi connectivity index (χ0n) is 23.5. The van der Waals surface area contributed by atoms with Gasteiger partial charge in [-0.3, -0.25) is 9.59 Å². The maximum absolute atomic E-state index is 14.0. The van der Waals surface area contributed by atoms with E-state index in [1.807, 2.05) is 43.5 Å². The molecule has 0 bridgehead atoms. The Hall–Kier alpha value is -4.54. The number of carbonyl (C=O) groups is 3. The summed E-state index contributed by atoms with van der Waals surface area (Å²) < 4.78 is 6.10. The molecule has 42 heavy (non-hydrogen) atoms. The normalized spacial score (nSPS) is 12.0. The fourth-order valence-corrected chi connectivity index (χ4v) is 5.98. The van der Waals surface area contributed by atoms with E-state index >= 15 is 0 Å². The van der Waals surface area contributed by atoms with Crippen molar-refractivity contribution in [3.05, 3.63) is 87.6 Å². The molecule has 3 heterocycles. The first-order valence-electron chi connectivity index (χ1n) is 13.9. The summed E-state index contributed by atoms with van der Waals surface area (Å²) >= 11 is 1.56. The quantitative estimate of drug-likeness (QED) is 0.203. The van der Waals surface area contributed by atoms with Crippen LogP contribution in [0.25, 0.3) is 21.6 Å². The second-order valence-electron chi connectivity index (χ2n) is 9.92. The van der Waals surface area contributed by atoms with E-state index in [0.717, 1.165) is 33.6 Å². The first-order chi connectivity index (χ1) is 20.3. The number of rotatable bonds is 9. The molecular weight excluding hydrogens is 552 g/mol. The largest absolute Gasteiger partial charge is 0.493 e. The molecule has 4 aromatic rings. The van der Waals surface area contributed by atoms with Crippen LogP contribution in [0.3, 0.4) is 0 Å². The first-order valence-corrected chi connectivity index (χ1v) is 14.8. The fraction of sp³-hybridized carbons (Fsp3) is 0.250. The van der Waals surface area contributed by atoms with E-state index in [0.29, 0.717) is 49.5 Å². The van der Waals surface area contributed by atoms with Crippen LogP contribution < -0.4 is 21.1 Å². The molecule has 0 fully saturated rings. The van der Waals surface area contributed by atoms with Crippen LogP contribution in [0.5, 0.6) is 5.75 Å². The molecule has 1 aliphatic rings. The lowest BCUT2D eigenvalue weighted by molar-refractivity contribution is 0.0691. The number of pyridine rings is 1. The molecule has 2 amide bonds. The second-order valence-corrected chi connectivity index (χ2v) is 10.8. The van der Waals surface area contributed by atoms with Gasteiger partial charge in [0, 0.05) is 52.3 Å². The monoisotopic (exact) mass is 584 g/mol. The Bertz CT molecular complexity index is 1680. The molecule has 0 aliphatic carbocycles. The number of nitrogens with zero attached hydrogens (tertiary/aromatic N) is 1. The van der Waals surface area contributed by atoms with Gasteiger partial charge < -0.3 is 26.2 Å². The predicted octanol–water partition coefficient (Wildman–Crippen LogP) is 5.52. The van der Waals surface area contributed by atoms with E-state index in [1.54, 1.807) is 23.5 Å². The van der Waals surface area contributed by atoms with E-state index in [1.165, 1.54) is 12.1 Å². The molecule has 0 saturated heterocycles. The lowest BCUT2D eigenvalue weighted by Crippen LogP contribution is -2.25. The van der Waals surface area contributed by atoms with Gasteiger partial charge in [-0.05, 0) is 71.3 Å². The van der Waals surface area contributed by atoms with Crippen molar-refractivity contribution < 1.29 is 24.2 Å². The minimum Gasteiger partial charge on any atom is -0.493 e. The third-order valence-electron chi connectivity index (χ3n) is 7.18. The summed E-state index contributed by atoms with van der Waals surface area (Å²) in [5.41, 5.74) is 10.7. The number of benzene rings is 2. The van der Waals surface area contributed by atoms with Gasteiger partial charge in [-0.15, -0.1) is 11.3 Å². The van der Waals surface area contributed by atoms with Gasteiger partial charge in [-0.2, -0.15) is 0 Å². The Labute approximate surface area is 247 Å². The number of aromatic carboxylic acids is 1. The smallest absolute Gasteiger partial charge is 0.355 e. The molecule has 10 heteroatoms. The molecule has 2 aromatic heterocycles. The number of anilines is 1. The Morgan fingerprint density at radius 1 is 1.02 bits per heavy atom. The maximum atomic E-state index is 14.0. The highest BCUT2D eigenvalue weighted by Crippen LogP contribution is 2.43. The first kappa shape index (κ1) is 29.0. The molecule has 5 rings (SSSR count). The predicted molar refractivity (Wildman–Crippen MR) is 163 cm³/mol. The third-order valence-corrected chi connectivity index (χ3v) is 8.17. The number of nitrogens with one attached hydrogen (secondary N) is 2. The number of carbonyl (C=O) groups excluding carboxylic acids is 2. The highest BCUT2D eigenvalue weighted by molar-refractivity contribution is 7.13. The Balaban J connectivity index is 1.67. The lowest BCUT2D eigenvalue weighted by atomic mass is 9.93. The summed E-state index contributed by atoms with van der Waals surface area (Å²) in [6, 6.07) is 14.2. The van der Waals surface area contributed by atoms with Crippen molar-refractivity contribution in [2.24, 2.45) is 5.73 Å². The summed E-state index contributed by atoms with van der Waals surface area (Å²) in [5, 5.41) is 17.9. The number of thiophene rings is 1. The van der Waals surface area contributed by atoms with Gasteiger partial charge in [0.1, 0.15) is 11.4 Å². The summed E-state index contributed by atoms with van der Waals surface area (Å²) in [6.45, 7) is 5.18. The van der Waals surface area contributed by atoms with Crippen LogP contribution in [-0.2, 0) is 19.4 Å². The zero-order valence-corrected chi connectivity index (χ0v) is 24.3. The topological polar surface area (TPSA) is 144 Å². The van der Waals surface area contributed by atoms with Crippen LogP contribution in [0.2, 0.25) is 0 Å². The van der Waals surface area contributed by atoms with Crippen LogP contribution in [0.4, 0.5) is 5.69 Å². The minimum atomic E-state index is -1.32. The molecule has 0 unspecified atom stereocenters. The van der Waals surface area contributed by atoms with Crippen molar-refractivity contribution in [3.8, 4) is 27.3 Å². The number of hydrogen-bond acceptors (Lipinski definition) is 7. The van der Waals surface area contributed by atoms with Crippen molar-refractivity contribution in [2.75, 3.05) is 18.5 Å². The van der Waals surface area contributed by atoms with Gasteiger partial charge in [0.2, 0.25) is 0 Å². The lowest BCUT2D eigenvalue weighted by Gasteiger charge is -2.18. The SMILES string of the molecule is CCCNC(=O)c1ccc(-c2cc3c(cc2C(=O)Nc2ccc(CN)cc2CC)-c2sccc2CCO3)c(C(=O)O)n1. The number of carboxylic acids is 1. The number of aromatic nitrogens is 1. The van der Waals surface area contributed by atoms with Gasteiger partial charge in [-0.25, -0.2) is 9.78 Å². The number of aryl methyl sites for hydroxylation is 1. The number of nitrogens with two attached hydrogens (primary N) is 1. The van der Waals surface area contributed by atoms with E-state index in [4.69, 9.17) is 10.5 Å². The Morgan fingerprint density at radius 2 is 1.86 bits per heavy atom. The van der Waals surface area contributed by atoms with E-state index < -0.39 is 17.8 Å². The summed E-state index contributed by atoms with van der Waals surface area (Å²) in [5.74, 6) is -1.65. The van der Waals surface area contributed by atoms with Crippen molar-refractivity contribution in [3.63, 3.8) is 0 Å². The van der Waals surface area contributed by atoms with Crippen molar-refractivity contribution >= 4 is 34.8 Å². The number of ether oxygens (including phenoxy) is 1. The standard InChI is InChI=1S/C32H32N4O5S/c1-3-11-34-31(38)26-8-6-21(28(35-26)32(39)40)22-16-27-24(29-20(9-12-41-27)10-13-42-29)15-23(22)30(37)36-25-7-5-18(17-33)14-19(25)4-2/h5-8,10,13-16H,3-4,9,11-12,17,33H2,1-2H3,(H,34,38)(H,36,37)(H,39,40). The average Bonchev–Trinajstić information content (AvgIpc) is 3.40. The molecule has 1 aliphatic heterocycles. The average molecular weight is 585 g/mol. The maximum Gasteiger partial charge on any atom is 0.355 e. The van der Waals surface area contributed by atoms with Gasteiger partial charge in [-0.1, -0.05) is 26.0 Å². The zero-order chi connectivity index (χ0) is 29.8. The van der Waals surface area contributed by atoms with Crippen LogP contribution in [0, 0.1) is 0 Å². The number of amides is 2. The molecule has 216 valence electrons. The number of hydrogen-bond donors (Lipinski definition) is 4. The van der Waals surface area contributed by atoms with Crippen molar-refractivity contribution in [2.45, 2.75) is 39.7 Å². The molecule has 0 spiro atoms. The molecule has 5 N–H and O–H groups in total. The van der Waals surface area contributed by atoms with Gasteiger partial charge in [0.05, 0.1) is 6.61 Å². The summed E-state index contributed by atoms with van der Waals surface area (Å²) in [4.78, 5) is 44.2. The molecular formula is C32H32N4O5S. The van der Waals surface area contributed by atoms with Crippen LogP contribution >= 0.6 is 11.3 Å². The van der Waals surface area contributed by atoms with E-state index in [2.05, 4.69) is 15.6 Å². The molecule has 0 atom stereocenters. The number of fused-ring (bicyclic) bond motifs is 3. The van der Waals surface area contributed by atoms with E-state index in [9.17, 15) is 19.5 Å². The molecule has 0 radical (unpaired) electrons. The second kappa shape index (κ2) is 12.5. The highest BCUT2D eigenvalue weighted by atomic mass is 32.1. The molecule has 9 nitrogen and oxygen atoms in total. The highest BCUT2D eigenvalue weighted by Gasteiger charge is 2.26. The molecule has 0 saturated carbocycles. The number of carboxylic acid groups (broad SMARTS) is 1. The van der Waals surface area contributed by atoms with Crippen LogP contribution in [-0.4, -0.2) is 41.0 Å². The van der Waals surface area contributed by atoms with Crippen molar-refractivity contribution in [1.29, 1.82) is 0 Å². The summed E-state index contributed by atoms with van der Waals surface area (Å²) in [6.07, 6.45) is 2.12. The van der Waals surface area contributed by atoms with Gasteiger partial charge in [0.15, 0.2) is 5.69 Å².